The van der Waals surface area contributed by atoms with Gasteiger partial charge in [0.2, 0.25) is 6.23 Å². The maximum Gasteiger partial charge on any atom is 0.208 e. The third kappa shape index (κ3) is 1.90. The average molecular weight is 312 g/mol. The molecule has 0 N–H and O–H groups in total. The van der Waals surface area contributed by atoms with E-state index in [-0.39, 0.29) is 6.23 Å². The summed E-state index contributed by atoms with van der Waals surface area (Å²) in [6.07, 6.45) is 2.73. The Hall–Kier alpha value is -1.52. The first-order valence-electron chi connectivity index (χ1n) is 8.20. The molecule has 0 saturated carbocycles. The summed E-state index contributed by atoms with van der Waals surface area (Å²) in [5, 5.41) is 2.15. The molecule has 2 atom stereocenters. The van der Waals surface area contributed by atoms with Crippen molar-refractivity contribution in [1.82, 2.24) is 4.90 Å². The van der Waals surface area contributed by atoms with Crippen molar-refractivity contribution in [3.63, 3.8) is 0 Å². The van der Waals surface area contributed by atoms with Gasteiger partial charge in [0, 0.05) is 12.6 Å². The number of para-hydroxylation sites is 2. The molecule has 4 aliphatic heterocycles. The molecule has 114 valence electrons. The van der Waals surface area contributed by atoms with Crippen molar-refractivity contribution in [1.29, 1.82) is 0 Å². The second kappa shape index (κ2) is 5.00. The molecule has 1 unspecified atom stereocenters. The van der Waals surface area contributed by atoms with Crippen molar-refractivity contribution < 1.29 is 4.74 Å². The van der Waals surface area contributed by atoms with E-state index in [9.17, 15) is 0 Å². The summed E-state index contributed by atoms with van der Waals surface area (Å²) < 4.78 is 6.34. The average Bonchev–Trinajstić information content (AvgIpc) is 3.23. The van der Waals surface area contributed by atoms with E-state index in [1.54, 1.807) is 11.3 Å². The van der Waals surface area contributed by atoms with E-state index in [0.29, 0.717) is 6.04 Å². The van der Waals surface area contributed by atoms with Gasteiger partial charge in [0.15, 0.2) is 0 Å². The normalized spacial score (nSPS) is 32.8. The van der Waals surface area contributed by atoms with Gasteiger partial charge in [-0.3, -0.25) is 0 Å². The molecule has 1 aromatic carbocycles. The molecule has 5 heterocycles. The molecule has 22 heavy (non-hydrogen) atoms. The third-order valence-electron chi connectivity index (χ3n) is 5.40. The van der Waals surface area contributed by atoms with Gasteiger partial charge in [-0.15, -0.1) is 11.3 Å². The van der Waals surface area contributed by atoms with E-state index in [1.165, 1.54) is 43.0 Å². The van der Waals surface area contributed by atoms with Gasteiger partial charge in [0.05, 0.1) is 10.6 Å². The van der Waals surface area contributed by atoms with Gasteiger partial charge in [0.1, 0.15) is 5.75 Å². The summed E-state index contributed by atoms with van der Waals surface area (Å²) in [5.74, 6) is 1.85. The minimum atomic E-state index is 0.0583. The van der Waals surface area contributed by atoms with Crippen molar-refractivity contribution in [2.45, 2.75) is 25.1 Å². The lowest BCUT2D eigenvalue weighted by molar-refractivity contribution is 0.0704. The number of nitrogens with zero attached hydrogens (tertiary/aromatic N) is 2. The van der Waals surface area contributed by atoms with Crippen LogP contribution in [0.1, 0.15) is 23.9 Å². The number of anilines is 1. The highest BCUT2D eigenvalue weighted by atomic mass is 32.1. The number of ether oxygens (including phenoxy) is 1. The predicted molar refractivity (Wildman–Crippen MR) is 89.6 cm³/mol. The first-order valence-corrected chi connectivity index (χ1v) is 9.08. The lowest BCUT2D eigenvalue weighted by Crippen LogP contribution is -2.57. The van der Waals surface area contributed by atoms with Crippen LogP contribution in [0.4, 0.5) is 5.69 Å². The Morgan fingerprint density at radius 3 is 2.64 bits per heavy atom. The molecule has 1 aromatic heterocycles. The standard InChI is InChI=1S/C18H20N2OS/c1-2-5-16-14(4-1)20(18(21-16)17-6-3-11-22-17)15-12-19-9-7-13(15)8-10-19/h1-6,11,13,15,18H,7-10,12H2/t15?,18-/m0/s1. The number of thiophene rings is 1. The van der Waals surface area contributed by atoms with Gasteiger partial charge in [-0.2, -0.15) is 0 Å². The zero-order chi connectivity index (χ0) is 14.5. The second-order valence-electron chi connectivity index (χ2n) is 6.57. The molecule has 4 heteroatoms. The van der Waals surface area contributed by atoms with E-state index in [0.717, 1.165) is 11.7 Å². The predicted octanol–water partition coefficient (Wildman–Crippen LogP) is 3.74. The fourth-order valence-corrected chi connectivity index (χ4v) is 5.05. The SMILES string of the molecule is c1csc([C@@H]2Oc3ccccc3N2C2CN3CCC2CC3)c1. The number of hydrogen-bond donors (Lipinski definition) is 0. The van der Waals surface area contributed by atoms with Crippen LogP contribution in [0.3, 0.4) is 0 Å². The first kappa shape index (κ1) is 13.0. The van der Waals surface area contributed by atoms with Crippen molar-refractivity contribution in [2.75, 3.05) is 24.5 Å². The van der Waals surface area contributed by atoms with E-state index < -0.39 is 0 Å². The minimum Gasteiger partial charge on any atom is -0.463 e. The molecule has 3 fully saturated rings. The number of benzene rings is 1. The Balaban J connectivity index is 1.57. The van der Waals surface area contributed by atoms with E-state index in [2.05, 4.69) is 51.6 Å². The highest BCUT2D eigenvalue weighted by Crippen LogP contribution is 2.48. The van der Waals surface area contributed by atoms with Gasteiger partial charge in [-0.1, -0.05) is 18.2 Å². The van der Waals surface area contributed by atoms with Crippen LogP contribution < -0.4 is 9.64 Å². The van der Waals surface area contributed by atoms with Gasteiger partial charge < -0.3 is 14.5 Å². The minimum absolute atomic E-state index is 0.0583. The number of piperidine rings is 3. The van der Waals surface area contributed by atoms with Gasteiger partial charge in [-0.05, 0) is 55.4 Å². The summed E-state index contributed by atoms with van der Waals surface area (Å²) in [7, 11) is 0. The molecule has 0 amide bonds. The fraction of sp³-hybridized carbons (Fsp3) is 0.444. The molecule has 0 aliphatic carbocycles. The second-order valence-corrected chi connectivity index (χ2v) is 7.55. The lowest BCUT2D eigenvalue weighted by Gasteiger charge is -2.49. The Morgan fingerprint density at radius 1 is 1.05 bits per heavy atom. The summed E-state index contributed by atoms with van der Waals surface area (Å²) in [6.45, 7) is 3.74. The van der Waals surface area contributed by atoms with Crippen LogP contribution in [0.5, 0.6) is 5.75 Å². The number of hydrogen-bond acceptors (Lipinski definition) is 4. The van der Waals surface area contributed by atoms with Crippen LogP contribution in [0, 0.1) is 5.92 Å². The molecule has 0 spiro atoms. The maximum absolute atomic E-state index is 6.34. The molecule has 2 bridgehead atoms. The van der Waals surface area contributed by atoms with Crippen LogP contribution in [0.2, 0.25) is 0 Å². The molecular formula is C18H20N2OS. The molecule has 3 nitrogen and oxygen atoms in total. The number of rotatable bonds is 2. The highest BCUT2D eigenvalue weighted by molar-refractivity contribution is 7.10. The molecule has 3 saturated heterocycles. The maximum atomic E-state index is 6.34. The Labute approximate surface area is 135 Å². The highest BCUT2D eigenvalue weighted by Gasteiger charge is 2.44. The Kier molecular flexibility index (Phi) is 2.95. The Morgan fingerprint density at radius 2 is 1.91 bits per heavy atom. The van der Waals surface area contributed by atoms with Crippen LogP contribution >= 0.6 is 11.3 Å². The summed E-state index contributed by atoms with van der Waals surface area (Å²) >= 11 is 1.80. The summed E-state index contributed by atoms with van der Waals surface area (Å²) in [4.78, 5) is 6.50. The van der Waals surface area contributed by atoms with E-state index in [4.69, 9.17) is 4.74 Å². The van der Waals surface area contributed by atoms with Crippen molar-refractivity contribution in [3.8, 4) is 5.75 Å². The Bertz CT molecular complexity index is 663. The first-order chi connectivity index (χ1) is 10.9. The quantitative estimate of drug-likeness (QED) is 0.840. The van der Waals surface area contributed by atoms with Crippen LogP contribution in [-0.4, -0.2) is 30.6 Å². The van der Waals surface area contributed by atoms with E-state index >= 15 is 0 Å². The smallest absolute Gasteiger partial charge is 0.208 e. The topological polar surface area (TPSA) is 15.7 Å². The summed E-state index contributed by atoms with van der Waals surface area (Å²) in [5.41, 5.74) is 1.28. The zero-order valence-corrected chi connectivity index (χ0v) is 13.3. The van der Waals surface area contributed by atoms with Crippen molar-refractivity contribution in [2.24, 2.45) is 5.92 Å². The molecule has 4 aliphatic rings. The zero-order valence-electron chi connectivity index (χ0n) is 12.5. The lowest BCUT2D eigenvalue weighted by atomic mass is 9.83. The molecule has 2 aromatic rings. The molecular weight excluding hydrogens is 292 g/mol. The van der Waals surface area contributed by atoms with Crippen LogP contribution in [0.15, 0.2) is 41.8 Å². The van der Waals surface area contributed by atoms with Gasteiger partial charge in [0.25, 0.3) is 0 Å². The van der Waals surface area contributed by atoms with Crippen molar-refractivity contribution in [3.05, 3.63) is 46.7 Å². The fourth-order valence-electron chi connectivity index (χ4n) is 4.30. The van der Waals surface area contributed by atoms with Gasteiger partial charge >= 0.3 is 0 Å². The van der Waals surface area contributed by atoms with Crippen LogP contribution in [-0.2, 0) is 0 Å². The molecule has 6 rings (SSSR count). The van der Waals surface area contributed by atoms with Crippen molar-refractivity contribution >= 4 is 17.0 Å². The third-order valence-corrected chi connectivity index (χ3v) is 6.30. The van der Waals surface area contributed by atoms with Gasteiger partial charge in [-0.25, -0.2) is 0 Å². The monoisotopic (exact) mass is 312 g/mol. The van der Waals surface area contributed by atoms with Crippen LogP contribution in [0.25, 0.3) is 0 Å². The van der Waals surface area contributed by atoms with E-state index in [1.807, 2.05) is 0 Å². The number of fused-ring (bicyclic) bond motifs is 4. The molecule has 0 radical (unpaired) electrons. The summed E-state index contributed by atoms with van der Waals surface area (Å²) in [6, 6.07) is 13.4. The largest absolute Gasteiger partial charge is 0.463 e.